The minimum atomic E-state index is 0. The van der Waals surface area contributed by atoms with Crippen LogP contribution in [0.15, 0.2) is 55.0 Å². The van der Waals surface area contributed by atoms with E-state index in [4.69, 9.17) is 4.74 Å². The van der Waals surface area contributed by atoms with Crippen molar-refractivity contribution >= 4 is 24.2 Å². The summed E-state index contributed by atoms with van der Waals surface area (Å²) in [6.07, 6.45) is 9.09. The Morgan fingerprint density at radius 1 is 1.36 bits per heavy atom. The summed E-state index contributed by atoms with van der Waals surface area (Å²) in [5, 5.41) is 1.96. The monoisotopic (exact) mass is 338 g/mol. The van der Waals surface area contributed by atoms with Crippen molar-refractivity contribution in [1.29, 1.82) is 0 Å². The first-order chi connectivity index (χ1) is 10.4. The molecule has 0 aliphatic heterocycles. The van der Waals surface area contributed by atoms with Crippen LogP contribution in [-0.2, 0) is 0 Å². The maximum absolute atomic E-state index is 5.98. The lowest BCUT2D eigenvalue weighted by atomic mass is 10.2. The van der Waals surface area contributed by atoms with Crippen LogP contribution in [0.3, 0.4) is 0 Å². The predicted molar refractivity (Wildman–Crippen MR) is 96.9 cm³/mol. The molecule has 0 spiro atoms. The topological polar surface area (TPSA) is 27.1 Å². The van der Waals surface area contributed by atoms with Gasteiger partial charge in [-0.05, 0) is 17.9 Å². The van der Waals surface area contributed by atoms with E-state index in [0.717, 1.165) is 24.3 Å². The van der Waals surface area contributed by atoms with Crippen LogP contribution in [0.2, 0.25) is 0 Å². The van der Waals surface area contributed by atoms with Gasteiger partial charge in [0.1, 0.15) is 11.1 Å². The normalized spacial score (nSPS) is 11.5. The van der Waals surface area contributed by atoms with E-state index in [9.17, 15) is 0 Å². The molecule has 22 heavy (non-hydrogen) atoms. The highest BCUT2D eigenvalue weighted by molar-refractivity contribution is 8.02. The van der Waals surface area contributed by atoms with Crippen molar-refractivity contribution in [1.82, 2.24) is 9.55 Å². The number of aromatic nitrogens is 2. The zero-order valence-electron chi connectivity index (χ0n) is 12.9. The van der Waals surface area contributed by atoms with Gasteiger partial charge >= 0.3 is 0 Å². The Morgan fingerprint density at radius 2 is 2.18 bits per heavy atom. The quantitative estimate of drug-likeness (QED) is 0.581. The summed E-state index contributed by atoms with van der Waals surface area (Å²) < 4.78 is 8.05. The summed E-state index contributed by atoms with van der Waals surface area (Å²) >= 11 is 1.65. The van der Waals surface area contributed by atoms with Crippen LogP contribution in [0.4, 0.5) is 0 Å². The van der Waals surface area contributed by atoms with Crippen LogP contribution in [0.25, 0.3) is 0 Å². The van der Waals surface area contributed by atoms with Gasteiger partial charge in [0.2, 0.25) is 0 Å². The first kappa shape index (κ1) is 18.7. The van der Waals surface area contributed by atoms with E-state index in [0.29, 0.717) is 0 Å². The first-order valence-corrected chi connectivity index (χ1v) is 8.26. The van der Waals surface area contributed by atoms with Gasteiger partial charge in [0, 0.05) is 18.0 Å². The molecule has 2 rings (SSSR count). The smallest absolute Gasteiger partial charge is 0.125 e. The fourth-order valence-corrected chi connectivity index (χ4v) is 2.94. The number of halogens is 1. The summed E-state index contributed by atoms with van der Waals surface area (Å²) in [5.41, 5.74) is 1.15. The molecule has 3 nitrogen and oxygen atoms in total. The summed E-state index contributed by atoms with van der Waals surface area (Å²) in [7, 11) is 0. The molecule has 0 aliphatic rings. The van der Waals surface area contributed by atoms with Crippen molar-refractivity contribution in [2.45, 2.75) is 31.6 Å². The molecule has 1 atom stereocenters. The Balaban J connectivity index is 0.00000242. The Bertz CT molecular complexity index is 545. The van der Waals surface area contributed by atoms with Crippen LogP contribution < -0.4 is 4.74 Å². The van der Waals surface area contributed by atoms with E-state index in [1.54, 1.807) is 18.0 Å². The van der Waals surface area contributed by atoms with Crippen molar-refractivity contribution in [2.24, 2.45) is 0 Å². The SMILES string of the molecule is C=CSC(c1ccccc1OCCCCC)n1ccnc1.Cl. The molecule has 0 radical (unpaired) electrons. The highest BCUT2D eigenvalue weighted by Gasteiger charge is 2.17. The molecule has 0 N–H and O–H groups in total. The molecule has 0 bridgehead atoms. The lowest BCUT2D eigenvalue weighted by Crippen LogP contribution is -2.07. The van der Waals surface area contributed by atoms with Crippen LogP contribution in [-0.4, -0.2) is 16.2 Å². The van der Waals surface area contributed by atoms with E-state index in [1.165, 1.54) is 12.8 Å². The Morgan fingerprint density at radius 3 is 2.86 bits per heavy atom. The van der Waals surface area contributed by atoms with Gasteiger partial charge in [-0.2, -0.15) is 0 Å². The van der Waals surface area contributed by atoms with Gasteiger partial charge in [-0.25, -0.2) is 4.98 Å². The molecule has 2 aromatic rings. The summed E-state index contributed by atoms with van der Waals surface area (Å²) in [4.78, 5) is 4.14. The van der Waals surface area contributed by atoms with Gasteiger partial charge in [0.05, 0.1) is 12.9 Å². The zero-order chi connectivity index (χ0) is 14.9. The van der Waals surface area contributed by atoms with E-state index in [-0.39, 0.29) is 17.8 Å². The second kappa shape index (κ2) is 10.4. The van der Waals surface area contributed by atoms with Crippen LogP contribution in [0, 0.1) is 0 Å². The number of nitrogens with zero attached hydrogens (tertiary/aromatic N) is 2. The molecule has 1 heterocycles. The number of unbranched alkanes of at least 4 members (excludes halogenated alkanes) is 2. The fraction of sp³-hybridized carbons (Fsp3) is 0.353. The molecule has 0 aliphatic carbocycles. The van der Waals surface area contributed by atoms with Gasteiger partial charge in [-0.15, -0.1) is 24.2 Å². The van der Waals surface area contributed by atoms with Crippen molar-refractivity contribution in [2.75, 3.05) is 6.61 Å². The van der Waals surface area contributed by atoms with E-state index >= 15 is 0 Å². The lowest BCUT2D eigenvalue weighted by molar-refractivity contribution is 0.302. The maximum Gasteiger partial charge on any atom is 0.125 e. The number of benzene rings is 1. The molecule has 5 heteroatoms. The molecule has 1 unspecified atom stereocenters. The molecule has 1 aromatic carbocycles. The fourth-order valence-electron chi connectivity index (χ4n) is 2.15. The number of hydrogen-bond donors (Lipinski definition) is 0. The molecule has 0 amide bonds. The Labute approximate surface area is 143 Å². The Hall–Kier alpha value is -1.39. The van der Waals surface area contributed by atoms with E-state index in [1.807, 2.05) is 36.1 Å². The summed E-state index contributed by atoms with van der Waals surface area (Å²) in [6.45, 7) is 6.80. The van der Waals surface area contributed by atoms with Crippen LogP contribution in [0.1, 0.15) is 37.1 Å². The molecule has 0 saturated heterocycles. The average molecular weight is 339 g/mol. The van der Waals surface area contributed by atoms with Crippen molar-refractivity contribution in [3.05, 3.63) is 60.5 Å². The Kier molecular flexibility index (Phi) is 8.78. The number of hydrogen-bond acceptors (Lipinski definition) is 3. The molecule has 0 saturated carbocycles. The third kappa shape index (κ3) is 5.11. The van der Waals surface area contributed by atoms with Crippen molar-refractivity contribution < 1.29 is 4.74 Å². The summed E-state index contributed by atoms with van der Waals surface area (Å²) in [5.74, 6) is 0.946. The molecule has 1 aromatic heterocycles. The lowest BCUT2D eigenvalue weighted by Gasteiger charge is -2.20. The second-order valence-corrected chi connectivity index (χ2v) is 5.81. The summed E-state index contributed by atoms with van der Waals surface area (Å²) in [6, 6.07) is 8.20. The minimum Gasteiger partial charge on any atom is -0.493 e. The predicted octanol–water partition coefficient (Wildman–Crippen LogP) is 5.30. The number of thioether (sulfide) groups is 1. The third-order valence-corrected chi connectivity index (χ3v) is 4.16. The largest absolute Gasteiger partial charge is 0.493 e. The van der Waals surface area contributed by atoms with Crippen molar-refractivity contribution in [3.8, 4) is 5.75 Å². The highest BCUT2D eigenvalue weighted by Crippen LogP contribution is 2.36. The average Bonchev–Trinajstić information content (AvgIpc) is 3.04. The number of imidazole rings is 1. The first-order valence-electron chi connectivity index (χ1n) is 7.32. The van der Waals surface area contributed by atoms with Gasteiger partial charge in [0.25, 0.3) is 0 Å². The number of para-hydroxylation sites is 1. The van der Waals surface area contributed by atoms with Gasteiger partial charge in [0.15, 0.2) is 0 Å². The molecule has 120 valence electrons. The van der Waals surface area contributed by atoms with E-state index < -0.39 is 0 Å². The molecule has 0 fully saturated rings. The second-order valence-electron chi connectivity index (χ2n) is 4.76. The van der Waals surface area contributed by atoms with Gasteiger partial charge in [-0.3, -0.25) is 0 Å². The van der Waals surface area contributed by atoms with Gasteiger partial charge < -0.3 is 9.30 Å². The highest BCUT2D eigenvalue weighted by atomic mass is 35.5. The minimum absolute atomic E-state index is 0. The third-order valence-electron chi connectivity index (χ3n) is 3.21. The van der Waals surface area contributed by atoms with Crippen LogP contribution >= 0.6 is 24.2 Å². The standard InChI is InChI=1S/C17H22N2OS.ClH/c1-3-5-8-13-20-16-10-7-6-9-15(16)17(21-4-2)19-12-11-18-14-19;/h4,6-7,9-12,14,17H,2-3,5,8,13H2,1H3;1H. The molecular weight excluding hydrogens is 316 g/mol. The van der Waals surface area contributed by atoms with Crippen molar-refractivity contribution in [3.63, 3.8) is 0 Å². The van der Waals surface area contributed by atoms with E-state index in [2.05, 4.69) is 29.1 Å². The van der Waals surface area contributed by atoms with Crippen LogP contribution in [0.5, 0.6) is 5.75 Å². The number of ether oxygens (including phenoxy) is 1. The zero-order valence-corrected chi connectivity index (χ0v) is 14.5. The van der Waals surface area contributed by atoms with Gasteiger partial charge in [-0.1, -0.05) is 44.5 Å². The maximum atomic E-state index is 5.98. The number of rotatable bonds is 9. The molecular formula is C17H23ClN2OS.